The Morgan fingerprint density at radius 2 is 1.68 bits per heavy atom. The number of carbonyl (C=O) groups excluding carboxylic acids is 4. The molecule has 1 aromatic carbocycles. The fraction of sp³-hybridized carbons (Fsp3) is 0.375. The van der Waals surface area contributed by atoms with Crippen molar-refractivity contribution < 1.29 is 19.2 Å². The van der Waals surface area contributed by atoms with E-state index in [0.29, 0.717) is 13.0 Å². The summed E-state index contributed by atoms with van der Waals surface area (Å²) in [5.74, 6) is -1.97. The molecule has 9 heteroatoms. The first-order valence-electron chi connectivity index (χ1n) is 7.85. The quantitative estimate of drug-likeness (QED) is 0.514. The Morgan fingerprint density at radius 3 is 2.16 bits per heavy atom. The number of rotatable bonds is 6. The molecule has 0 aromatic heterocycles. The molecule has 0 radical (unpaired) electrons. The van der Waals surface area contributed by atoms with E-state index >= 15 is 0 Å². The van der Waals surface area contributed by atoms with E-state index in [1.807, 2.05) is 12.1 Å². The highest BCUT2D eigenvalue weighted by Gasteiger charge is 2.25. The van der Waals surface area contributed by atoms with Gasteiger partial charge in [-0.15, -0.1) is 0 Å². The van der Waals surface area contributed by atoms with Crippen molar-refractivity contribution in [1.29, 1.82) is 0 Å². The van der Waals surface area contributed by atoms with Gasteiger partial charge in [-0.1, -0.05) is 12.1 Å². The summed E-state index contributed by atoms with van der Waals surface area (Å²) < 4.78 is 0. The number of anilines is 1. The lowest BCUT2D eigenvalue weighted by Gasteiger charge is -2.19. The van der Waals surface area contributed by atoms with Gasteiger partial charge >= 0.3 is 6.03 Å². The molecule has 0 spiro atoms. The van der Waals surface area contributed by atoms with Crippen LogP contribution in [0.25, 0.3) is 0 Å². The van der Waals surface area contributed by atoms with Gasteiger partial charge in [0.25, 0.3) is 0 Å². The van der Waals surface area contributed by atoms with E-state index in [2.05, 4.69) is 10.6 Å². The molecule has 5 amide bonds. The predicted octanol–water partition coefficient (Wildman–Crippen LogP) is -0.487. The van der Waals surface area contributed by atoms with Crippen LogP contribution < -0.4 is 27.0 Å². The van der Waals surface area contributed by atoms with E-state index in [0.717, 1.165) is 17.7 Å². The van der Waals surface area contributed by atoms with Crippen LogP contribution in [-0.2, 0) is 14.4 Å². The van der Waals surface area contributed by atoms with Crippen LogP contribution in [0.4, 0.5) is 10.5 Å². The Balaban J connectivity index is 1.97. The van der Waals surface area contributed by atoms with Crippen molar-refractivity contribution in [2.24, 2.45) is 11.5 Å². The van der Waals surface area contributed by atoms with Crippen molar-refractivity contribution in [3.63, 3.8) is 0 Å². The number of hydrogen-bond acceptors (Lipinski definition) is 4. The molecule has 25 heavy (non-hydrogen) atoms. The average Bonchev–Trinajstić information content (AvgIpc) is 2.98. The molecule has 9 nitrogen and oxygen atoms in total. The molecule has 0 bridgehead atoms. The van der Waals surface area contributed by atoms with Gasteiger partial charge in [-0.05, 0) is 31.0 Å². The summed E-state index contributed by atoms with van der Waals surface area (Å²) in [6, 6.07) is 4.50. The number of benzene rings is 1. The Kier molecular flexibility index (Phi) is 5.58. The number of hydrogen-bond donors (Lipinski definition) is 4. The summed E-state index contributed by atoms with van der Waals surface area (Å²) in [4.78, 5) is 47.5. The molecule has 0 saturated carbocycles. The summed E-state index contributed by atoms with van der Waals surface area (Å²) >= 11 is 0. The van der Waals surface area contributed by atoms with Crippen LogP contribution in [0.2, 0.25) is 0 Å². The zero-order valence-electron chi connectivity index (χ0n) is 13.8. The third-order valence-corrected chi connectivity index (χ3v) is 3.97. The van der Waals surface area contributed by atoms with E-state index in [4.69, 9.17) is 11.5 Å². The molecule has 0 aliphatic carbocycles. The highest BCUT2D eigenvalue weighted by atomic mass is 16.2. The molecule has 1 aliphatic rings. The normalized spacial score (nSPS) is 15.1. The molecule has 1 heterocycles. The zero-order chi connectivity index (χ0) is 18.6. The Bertz CT molecular complexity index is 674. The minimum atomic E-state index is -1.57. The maximum atomic E-state index is 11.9. The first kappa shape index (κ1) is 18.2. The fourth-order valence-electron chi connectivity index (χ4n) is 2.60. The summed E-state index contributed by atoms with van der Waals surface area (Å²) in [5, 5.41) is 4.71. The Hall–Kier alpha value is -3.10. The highest BCUT2D eigenvalue weighted by Crippen LogP contribution is 2.23. The van der Waals surface area contributed by atoms with Gasteiger partial charge in [-0.2, -0.15) is 0 Å². The number of carbonyl (C=O) groups is 4. The topological polar surface area (TPSA) is 148 Å². The van der Waals surface area contributed by atoms with Crippen molar-refractivity contribution in [3.8, 4) is 0 Å². The molecule has 134 valence electrons. The van der Waals surface area contributed by atoms with Crippen LogP contribution in [0, 0.1) is 0 Å². The summed E-state index contributed by atoms with van der Waals surface area (Å²) in [5.41, 5.74) is 11.6. The van der Waals surface area contributed by atoms with Crippen molar-refractivity contribution in [2.75, 3.05) is 11.4 Å². The standard InChI is InChI=1S/C16H21N5O4/c1-9(19-16(25)20-13(14(17)23)15(18)24)10-4-6-11(7-5-10)21-8-2-3-12(21)22/h4-7,9,13H,2-3,8H2,1H3,(H2,17,23)(H2,18,24)(H2,19,20,25). The molecule has 6 N–H and O–H groups in total. The summed E-state index contributed by atoms with van der Waals surface area (Å²) in [6.07, 6.45) is 1.40. The van der Waals surface area contributed by atoms with Crippen LogP contribution in [0.3, 0.4) is 0 Å². The summed E-state index contributed by atoms with van der Waals surface area (Å²) in [6.45, 7) is 2.44. The van der Waals surface area contributed by atoms with Gasteiger partial charge in [0.2, 0.25) is 17.7 Å². The van der Waals surface area contributed by atoms with E-state index in [9.17, 15) is 19.2 Å². The van der Waals surface area contributed by atoms with Crippen molar-refractivity contribution in [3.05, 3.63) is 29.8 Å². The van der Waals surface area contributed by atoms with E-state index in [-0.39, 0.29) is 5.91 Å². The SMILES string of the molecule is CC(NC(=O)NC(C(N)=O)C(N)=O)c1ccc(N2CCCC2=O)cc1. The molecule has 1 aliphatic heterocycles. The van der Waals surface area contributed by atoms with Crippen LogP contribution in [-0.4, -0.2) is 36.3 Å². The molecule has 1 fully saturated rings. The van der Waals surface area contributed by atoms with Crippen LogP contribution in [0.1, 0.15) is 31.4 Å². The van der Waals surface area contributed by atoms with Crippen LogP contribution >= 0.6 is 0 Å². The third-order valence-electron chi connectivity index (χ3n) is 3.97. The number of primary amides is 2. The lowest BCUT2D eigenvalue weighted by Crippen LogP contribution is -2.55. The molecule has 2 rings (SSSR count). The minimum absolute atomic E-state index is 0.0993. The largest absolute Gasteiger partial charge is 0.367 e. The lowest BCUT2D eigenvalue weighted by atomic mass is 10.1. The van der Waals surface area contributed by atoms with Crippen molar-refractivity contribution in [1.82, 2.24) is 10.6 Å². The molecule has 1 unspecified atom stereocenters. The molecular formula is C16H21N5O4. The first-order valence-corrected chi connectivity index (χ1v) is 7.85. The van der Waals surface area contributed by atoms with E-state index in [1.54, 1.807) is 24.0 Å². The van der Waals surface area contributed by atoms with Crippen molar-refractivity contribution >= 4 is 29.4 Å². The second-order valence-electron chi connectivity index (χ2n) is 5.82. The lowest BCUT2D eigenvalue weighted by molar-refractivity contribution is -0.128. The van der Waals surface area contributed by atoms with E-state index in [1.165, 1.54) is 0 Å². The smallest absolute Gasteiger partial charge is 0.316 e. The molecule has 1 saturated heterocycles. The Morgan fingerprint density at radius 1 is 1.08 bits per heavy atom. The number of nitrogens with one attached hydrogen (secondary N) is 2. The van der Waals surface area contributed by atoms with Crippen molar-refractivity contribution in [2.45, 2.75) is 31.8 Å². The highest BCUT2D eigenvalue weighted by molar-refractivity contribution is 6.05. The first-order chi connectivity index (χ1) is 11.8. The second kappa shape index (κ2) is 7.65. The minimum Gasteiger partial charge on any atom is -0.367 e. The Labute approximate surface area is 144 Å². The third kappa shape index (κ3) is 4.46. The van der Waals surface area contributed by atoms with Gasteiger partial charge in [-0.3, -0.25) is 14.4 Å². The molecule has 1 atom stereocenters. The number of amides is 5. The van der Waals surface area contributed by atoms with Gasteiger partial charge in [0.05, 0.1) is 6.04 Å². The number of nitrogens with zero attached hydrogens (tertiary/aromatic N) is 1. The van der Waals surface area contributed by atoms with Crippen LogP contribution in [0.15, 0.2) is 24.3 Å². The predicted molar refractivity (Wildman–Crippen MR) is 90.3 cm³/mol. The van der Waals surface area contributed by atoms with Gasteiger partial charge in [-0.25, -0.2) is 4.79 Å². The maximum Gasteiger partial charge on any atom is 0.316 e. The fourth-order valence-corrected chi connectivity index (χ4v) is 2.60. The maximum absolute atomic E-state index is 11.9. The molecular weight excluding hydrogens is 326 g/mol. The van der Waals surface area contributed by atoms with Gasteiger partial charge in [0, 0.05) is 18.7 Å². The average molecular weight is 347 g/mol. The zero-order valence-corrected chi connectivity index (χ0v) is 13.8. The van der Waals surface area contributed by atoms with Gasteiger partial charge in [0.15, 0.2) is 6.04 Å². The number of urea groups is 1. The van der Waals surface area contributed by atoms with Gasteiger partial charge in [0.1, 0.15) is 0 Å². The number of nitrogens with two attached hydrogens (primary N) is 2. The molecule has 1 aromatic rings. The van der Waals surface area contributed by atoms with Crippen LogP contribution in [0.5, 0.6) is 0 Å². The second-order valence-corrected chi connectivity index (χ2v) is 5.82. The summed E-state index contributed by atoms with van der Waals surface area (Å²) in [7, 11) is 0. The van der Waals surface area contributed by atoms with E-state index < -0.39 is 29.9 Å². The monoisotopic (exact) mass is 347 g/mol. The van der Waals surface area contributed by atoms with Gasteiger partial charge < -0.3 is 27.0 Å².